The number of rotatable bonds is 14. The summed E-state index contributed by atoms with van der Waals surface area (Å²) < 4.78 is 132. The van der Waals surface area contributed by atoms with Crippen LogP contribution in [0.3, 0.4) is 0 Å². The van der Waals surface area contributed by atoms with Crippen LogP contribution in [0.15, 0.2) is 230 Å². The Labute approximate surface area is 514 Å². The summed E-state index contributed by atoms with van der Waals surface area (Å²) in [5.74, 6) is -1.39. The van der Waals surface area contributed by atoms with Crippen LogP contribution in [-0.4, -0.2) is 32.3 Å². The normalized spacial score (nSPS) is 14.1. The molecule has 0 aliphatic carbocycles. The lowest BCUT2D eigenvalue weighted by molar-refractivity contribution is 0.629. The van der Waals surface area contributed by atoms with E-state index in [2.05, 4.69) is 103 Å². The molecule has 0 amide bonds. The van der Waals surface area contributed by atoms with Crippen LogP contribution in [0.4, 0.5) is 42.9 Å². The lowest BCUT2D eigenvalue weighted by atomic mass is 9.90. The summed E-state index contributed by atoms with van der Waals surface area (Å²) in [5.41, 5.74) is 5.37. The van der Waals surface area contributed by atoms with Crippen LogP contribution < -0.4 is 30.5 Å². The summed E-state index contributed by atoms with van der Waals surface area (Å²) in [5, 5.41) is 7.99. The maximum absolute atomic E-state index is 19.0. The Bertz CT molecular complexity index is 4720. The van der Waals surface area contributed by atoms with E-state index in [1.54, 1.807) is 12.1 Å². The van der Waals surface area contributed by atoms with Crippen LogP contribution in [0, 0.1) is 11.6 Å². The molecule has 0 atom stereocenters. The average molecular weight is 1180 g/mol. The van der Waals surface area contributed by atoms with E-state index in [9.17, 15) is 11.0 Å². The van der Waals surface area contributed by atoms with Gasteiger partial charge in [0.25, 0.3) is 0 Å². The molecule has 0 aliphatic heterocycles. The molecule has 0 N–H and O–H groups in total. The largest absolute Gasteiger partial charge is 0.307 e. The molecular formula is C76H74F2N2Si4. The van der Waals surface area contributed by atoms with Crippen molar-refractivity contribution in [3.05, 3.63) is 242 Å². The summed E-state index contributed by atoms with van der Waals surface area (Å²) in [7, 11) is -8.70. The lowest BCUT2D eigenvalue weighted by Gasteiger charge is -2.33. The fraction of sp³-hybridized carbons (Fsp3) is 0.158. The summed E-state index contributed by atoms with van der Waals surface area (Å²) in [6, 6.07) is 48.1. The minimum atomic E-state index is -2.28. The Kier molecular flexibility index (Phi) is 11.7. The van der Waals surface area contributed by atoms with E-state index < -0.39 is 104 Å². The molecule has 0 saturated heterocycles. The van der Waals surface area contributed by atoms with Crippen LogP contribution in [0.5, 0.6) is 0 Å². The van der Waals surface area contributed by atoms with Crippen molar-refractivity contribution in [2.75, 3.05) is 9.80 Å². The Morgan fingerprint density at radius 3 is 0.952 bits per heavy atom. The quantitative estimate of drug-likeness (QED) is 0.0791. The molecule has 418 valence electrons. The minimum Gasteiger partial charge on any atom is -0.307 e. The number of para-hydroxylation sites is 2. The standard InChI is InChI=1S/C76H74F2N2Si4/c1-81(2,3)69-35-23-19-31-57(69)53-47-63(59-33-21-25-37-71(59)83(7,8)9)75(65(77)49-53)79(55-27-15-13-16-28-55)67-45-41-51-40-44-62-68(46-42-52-39-43-61(67)73(51)74(52)62)80(56-29-17-14-18-30-56)76-64(60-34-22-26-38-72(60)84(10,11)12)48-54(50-66(76)78)58-32-20-24-36-70(58)82(4,5)6/h13-50H,1-12H3/i13D,14D,15D,16D,17D,18D,27D,28D,29D,30D. The molecule has 0 spiro atoms. The number of anilines is 6. The van der Waals surface area contributed by atoms with Gasteiger partial charge in [-0.3, -0.25) is 0 Å². The van der Waals surface area contributed by atoms with Crippen molar-refractivity contribution < 1.29 is 22.5 Å². The van der Waals surface area contributed by atoms with Gasteiger partial charge < -0.3 is 9.80 Å². The van der Waals surface area contributed by atoms with Crippen molar-refractivity contribution in [3.63, 3.8) is 0 Å². The van der Waals surface area contributed by atoms with Gasteiger partial charge in [0.1, 0.15) is 11.6 Å². The van der Waals surface area contributed by atoms with Gasteiger partial charge in [0.05, 0.1) is 68.8 Å². The average Bonchev–Trinajstić information content (AvgIpc) is 0.714. The molecule has 12 aromatic rings. The second kappa shape index (κ2) is 21.6. The maximum atomic E-state index is 19.0. The highest BCUT2D eigenvalue weighted by atomic mass is 28.3. The third-order valence-corrected chi connectivity index (χ3v) is 24.4. The molecule has 0 fully saturated rings. The first kappa shape index (κ1) is 45.4. The second-order valence-electron chi connectivity index (χ2n) is 26.1. The van der Waals surface area contributed by atoms with Crippen molar-refractivity contribution in [3.8, 4) is 44.5 Å². The van der Waals surface area contributed by atoms with Gasteiger partial charge >= 0.3 is 0 Å². The Balaban J connectivity index is 1.22. The van der Waals surface area contributed by atoms with E-state index in [0.717, 1.165) is 43.0 Å². The molecule has 2 nitrogen and oxygen atoms in total. The predicted molar refractivity (Wildman–Crippen MR) is 373 cm³/mol. The number of hydrogen-bond donors (Lipinski definition) is 0. The highest BCUT2D eigenvalue weighted by molar-refractivity contribution is 6.91. The van der Waals surface area contributed by atoms with Gasteiger partial charge in [0, 0.05) is 33.3 Å². The van der Waals surface area contributed by atoms with Gasteiger partial charge in [-0.2, -0.15) is 0 Å². The second-order valence-corrected chi connectivity index (χ2v) is 46.3. The van der Waals surface area contributed by atoms with Crippen LogP contribution >= 0.6 is 0 Å². The molecular weight excluding hydrogens is 1090 g/mol. The fourth-order valence-corrected chi connectivity index (χ4v) is 19.0. The van der Waals surface area contributed by atoms with Crippen molar-refractivity contribution >= 4 is 119 Å². The minimum absolute atomic E-state index is 0.0286. The van der Waals surface area contributed by atoms with Gasteiger partial charge in [-0.05, 0) is 115 Å². The van der Waals surface area contributed by atoms with E-state index in [1.165, 1.54) is 21.9 Å². The first-order valence-corrected chi connectivity index (χ1v) is 42.7. The Hall–Kier alpha value is -7.99. The van der Waals surface area contributed by atoms with E-state index >= 15 is 8.78 Å². The molecule has 12 rings (SSSR count). The molecule has 0 heterocycles. The van der Waals surface area contributed by atoms with E-state index in [-0.39, 0.29) is 22.7 Å². The van der Waals surface area contributed by atoms with Gasteiger partial charge in [-0.1, -0.05) is 269 Å². The smallest absolute Gasteiger partial charge is 0.148 e. The number of benzene rings is 12. The zero-order valence-electron chi connectivity index (χ0n) is 59.8. The highest BCUT2D eigenvalue weighted by Gasteiger charge is 2.33. The number of halogens is 2. The summed E-state index contributed by atoms with van der Waals surface area (Å²) in [6.45, 7) is 26.8. The number of hydrogen-bond acceptors (Lipinski definition) is 2. The highest BCUT2D eigenvalue weighted by Crippen LogP contribution is 2.52. The lowest BCUT2D eigenvalue weighted by Crippen LogP contribution is -2.39. The third-order valence-electron chi connectivity index (χ3n) is 16.2. The predicted octanol–water partition coefficient (Wildman–Crippen LogP) is 20.7. The first-order valence-electron chi connectivity index (χ1n) is 33.7. The van der Waals surface area contributed by atoms with Crippen molar-refractivity contribution in [2.45, 2.75) is 78.6 Å². The van der Waals surface area contributed by atoms with Gasteiger partial charge in [-0.25, -0.2) is 8.78 Å². The molecule has 0 saturated carbocycles. The van der Waals surface area contributed by atoms with Crippen LogP contribution in [0.25, 0.3) is 76.8 Å². The van der Waals surface area contributed by atoms with Crippen LogP contribution in [0.1, 0.15) is 13.7 Å². The van der Waals surface area contributed by atoms with Gasteiger partial charge in [-0.15, -0.1) is 0 Å². The third kappa shape index (κ3) is 10.3. The van der Waals surface area contributed by atoms with Gasteiger partial charge in [0.2, 0.25) is 0 Å². The summed E-state index contributed by atoms with van der Waals surface area (Å²) in [4.78, 5) is 3.01. The molecule has 12 aromatic carbocycles. The SMILES string of the molecule is [2H]c1c([2H])c([2H])c(N(c2c(F)cc(-c3ccccc3[Si](C)(C)C)cc2-c2ccccc2[Si](C)(C)C)c2ccc3ccc4c(N(c5c(F)cc(-c6ccccc6[Si](C)(C)C)cc5-c5ccccc5[Si](C)(C)C)c5c([2H])c([2H])c([2H])c([2H])c5[2H])ccc5ccc2c3c54)c([2H])c1[2H]. The molecule has 0 aliphatic rings. The van der Waals surface area contributed by atoms with E-state index in [0.29, 0.717) is 65.9 Å². The van der Waals surface area contributed by atoms with Gasteiger partial charge in [0.15, 0.2) is 0 Å². The van der Waals surface area contributed by atoms with Crippen molar-refractivity contribution in [1.82, 2.24) is 0 Å². The van der Waals surface area contributed by atoms with E-state index in [4.69, 9.17) is 2.74 Å². The molecule has 0 radical (unpaired) electrons. The zero-order valence-corrected chi connectivity index (χ0v) is 53.8. The van der Waals surface area contributed by atoms with Crippen LogP contribution in [-0.2, 0) is 0 Å². The number of nitrogens with zero attached hydrogens (tertiary/aromatic N) is 2. The Morgan fingerprint density at radius 2 is 0.619 bits per heavy atom. The van der Waals surface area contributed by atoms with E-state index in [1.807, 2.05) is 121 Å². The summed E-state index contributed by atoms with van der Waals surface area (Å²) >= 11 is 0. The molecule has 0 bridgehead atoms. The van der Waals surface area contributed by atoms with Crippen molar-refractivity contribution in [2.24, 2.45) is 0 Å². The monoisotopic (exact) mass is 1170 g/mol. The topological polar surface area (TPSA) is 6.48 Å². The summed E-state index contributed by atoms with van der Waals surface area (Å²) in [6.07, 6.45) is 0. The zero-order chi connectivity index (χ0) is 67.7. The molecule has 84 heavy (non-hydrogen) atoms. The Morgan fingerprint density at radius 1 is 0.321 bits per heavy atom. The molecule has 8 heteroatoms. The van der Waals surface area contributed by atoms with Crippen LogP contribution in [0.2, 0.25) is 78.6 Å². The molecule has 0 aromatic heterocycles. The van der Waals surface area contributed by atoms with Crippen molar-refractivity contribution in [1.29, 1.82) is 0 Å². The molecule has 0 unspecified atom stereocenters. The first-order chi connectivity index (χ1) is 44.2. The fourth-order valence-electron chi connectivity index (χ4n) is 12.5. The maximum Gasteiger partial charge on any atom is 0.148 e.